The van der Waals surface area contributed by atoms with Gasteiger partial charge in [-0.1, -0.05) is 0 Å². The van der Waals surface area contributed by atoms with Crippen LogP contribution in [0.2, 0.25) is 0 Å². The number of rotatable bonds is 11. The second kappa shape index (κ2) is 16.8. The third kappa shape index (κ3) is 14.2. The number of ether oxygens (including phenoxy) is 1. The zero-order chi connectivity index (χ0) is 31.1. The van der Waals surface area contributed by atoms with Gasteiger partial charge < -0.3 is 36.2 Å². The first-order valence-electron chi connectivity index (χ1n) is 11.3. The van der Waals surface area contributed by atoms with Gasteiger partial charge in [-0.15, -0.1) is 11.8 Å². The molecule has 11 nitrogen and oxygen atoms in total. The number of halogens is 6. The molecular formula is C22H29F6N3O8S. The average Bonchev–Trinajstić information content (AvgIpc) is 3.23. The normalized spacial score (nSPS) is 16.6. The van der Waals surface area contributed by atoms with Gasteiger partial charge >= 0.3 is 30.3 Å². The van der Waals surface area contributed by atoms with Gasteiger partial charge in [0.25, 0.3) is 0 Å². The highest BCUT2D eigenvalue weighted by Crippen LogP contribution is 2.35. The topological polar surface area (TPSA) is 192 Å². The Bertz CT molecular complexity index is 999. The van der Waals surface area contributed by atoms with Crippen LogP contribution >= 0.6 is 11.8 Å². The van der Waals surface area contributed by atoms with Crippen molar-refractivity contribution in [2.75, 3.05) is 32.0 Å². The number of phenols is 1. The minimum atomic E-state index is -5.08. The van der Waals surface area contributed by atoms with Gasteiger partial charge in [-0.2, -0.15) is 26.3 Å². The number of aliphatic carboxylic acids is 3. The van der Waals surface area contributed by atoms with E-state index in [4.69, 9.17) is 30.3 Å². The van der Waals surface area contributed by atoms with E-state index in [9.17, 15) is 41.4 Å². The Morgan fingerprint density at radius 3 is 1.98 bits per heavy atom. The summed E-state index contributed by atoms with van der Waals surface area (Å²) in [5.74, 6) is -5.48. The molecule has 7 N–H and O–H groups in total. The minimum Gasteiger partial charge on any atom is -0.507 e. The molecule has 0 unspecified atom stereocenters. The van der Waals surface area contributed by atoms with Crippen LogP contribution in [0.1, 0.15) is 31.7 Å². The molecule has 0 saturated heterocycles. The first kappa shape index (κ1) is 36.8. The lowest BCUT2D eigenvalue weighted by molar-refractivity contribution is -0.193. The lowest BCUT2D eigenvalue weighted by Crippen LogP contribution is -2.33. The van der Waals surface area contributed by atoms with Gasteiger partial charge in [0.1, 0.15) is 16.5 Å². The third-order valence-corrected chi connectivity index (χ3v) is 5.85. The highest BCUT2D eigenvalue weighted by Gasteiger charge is 2.40. The summed E-state index contributed by atoms with van der Waals surface area (Å²) in [6.45, 7) is 4.73. The number of nitrogens with zero attached hydrogens (tertiary/aromatic N) is 1. The van der Waals surface area contributed by atoms with Gasteiger partial charge in [0.15, 0.2) is 5.54 Å². The molecule has 1 heterocycles. The number of aromatic hydroxyl groups is 1. The van der Waals surface area contributed by atoms with E-state index in [2.05, 4.69) is 10.3 Å². The number of hydrogen-bond acceptors (Lipinski definition) is 9. The maximum Gasteiger partial charge on any atom is 0.490 e. The fourth-order valence-corrected chi connectivity index (χ4v) is 3.62. The van der Waals surface area contributed by atoms with E-state index in [1.807, 2.05) is 0 Å². The monoisotopic (exact) mass is 609 g/mol. The molecule has 0 radical (unpaired) electrons. The minimum absolute atomic E-state index is 0.0480. The van der Waals surface area contributed by atoms with Crippen molar-refractivity contribution in [1.29, 1.82) is 0 Å². The van der Waals surface area contributed by atoms with Crippen molar-refractivity contribution in [1.82, 2.24) is 5.32 Å². The van der Waals surface area contributed by atoms with Gasteiger partial charge in [-0.25, -0.2) is 14.4 Å². The van der Waals surface area contributed by atoms with E-state index >= 15 is 0 Å². The van der Waals surface area contributed by atoms with Crippen molar-refractivity contribution in [3.05, 3.63) is 23.8 Å². The fraction of sp³-hybridized carbons (Fsp3) is 0.545. The van der Waals surface area contributed by atoms with Crippen LogP contribution in [0.25, 0.3) is 0 Å². The molecule has 0 fully saturated rings. The van der Waals surface area contributed by atoms with Crippen LogP contribution < -0.4 is 15.8 Å². The molecule has 1 atom stereocenters. The van der Waals surface area contributed by atoms with E-state index in [0.717, 1.165) is 32.4 Å². The molecular weight excluding hydrogens is 580 g/mol. The van der Waals surface area contributed by atoms with Crippen LogP contribution in [0.3, 0.4) is 0 Å². The summed E-state index contributed by atoms with van der Waals surface area (Å²) in [5, 5.41) is 37.6. The van der Waals surface area contributed by atoms with Crippen LogP contribution in [0.4, 0.5) is 26.3 Å². The third-order valence-electron chi connectivity index (χ3n) is 4.56. The molecule has 2 rings (SSSR count). The Labute approximate surface area is 228 Å². The average molecular weight is 610 g/mol. The SMILES string of the molecule is C[C@]1(C(=O)O)CSC(c2ccc(OCCCCNCCCN)cc2O)=N1.O=C(O)C(F)(F)F.O=C(O)C(F)(F)F. The van der Waals surface area contributed by atoms with Gasteiger partial charge in [0, 0.05) is 17.4 Å². The molecule has 0 amide bonds. The van der Waals surface area contributed by atoms with Crippen LogP contribution in [-0.2, 0) is 14.4 Å². The van der Waals surface area contributed by atoms with Crippen molar-refractivity contribution >= 4 is 34.7 Å². The van der Waals surface area contributed by atoms with Crippen LogP contribution in [0.5, 0.6) is 11.5 Å². The highest BCUT2D eigenvalue weighted by molar-refractivity contribution is 8.14. The summed E-state index contributed by atoms with van der Waals surface area (Å²) in [7, 11) is 0. The molecule has 228 valence electrons. The molecule has 1 aromatic rings. The summed E-state index contributed by atoms with van der Waals surface area (Å²) in [6.07, 6.45) is -7.26. The molecule has 40 heavy (non-hydrogen) atoms. The van der Waals surface area contributed by atoms with E-state index < -0.39 is 35.8 Å². The summed E-state index contributed by atoms with van der Waals surface area (Å²) < 4.78 is 69.1. The number of phenolic OH excluding ortho intramolecular Hbond substituents is 1. The number of benzene rings is 1. The summed E-state index contributed by atoms with van der Waals surface area (Å²) in [4.78, 5) is 33.3. The van der Waals surface area contributed by atoms with Gasteiger partial charge in [-0.05, 0) is 58.0 Å². The maximum atomic E-state index is 11.3. The van der Waals surface area contributed by atoms with Crippen molar-refractivity contribution < 1.29 is 65.9 Å². The Kier molecular flexibility index (Phi) is 15.4. The number of nitrogens with one attached hydrogen (secondary N) is 1. The van der Waals surface area contributed by atoms with Gasteiger partial charge in [0.05, 0.1) is 6.61 Å². The molecule has 0 spiro atoms. The van der Waals surface area contributed by atoms with E-state index in [1.165, 1.54) is 11.8 Å². The maximum absolute atomic E-state index is 11.3. The second-order valence-corrected chi connectivity index (χ2v) is 8.98. The number of unbranched alkanes of at least 4 members (excludes halogenated alkanes) is 1. The zero-order valence-electron chi connectivity index (χ0n) is 21.0. The first-order valence-corrected chi connectivity index (χ1v) is 12.3. The number of carboxylic acid groups (broad SMARTS) is 3. The molecule has 18 heteroatoms. The largest absolute Gasteiger partial charge is 0.507 e. The number of nitrogens with two attached hydrogens (primary N) is 1. The van der Waals surface area contributed by atoms with Crippen molar-refractivity contribution in [3.63, 3.8) is 0 Å². The Morgan fingerprint density at radius 1 is 1.02 bits per heavy atom. The Balaban J connectivity index is 0.000000894. The second-order valence-electron chi connectivity index (χ2n) is 8.02. The smallest absolute Gasteiger partial charge is 0.490 e. The summed E-state index contributed by atoms with van der Waals surface area (Å²) >= 11 is 1.34. The number of aliphatic imine (C=N–C) groups is 1. The number of carboxylic acids is 3. The van der Waals surface area contributed by atoms with Gasteiger partial charge in [-0.3, -0.25) is 4.99 Å². The van der Waals surface area contributed by atoms with Crippen LogP contribution in [-0.4, -0.2) is 93.3 Å². The van der Waals surface area contributed by atoms with Crippen molar-refractivity contribution in [3.8, 4) is 11.5 Å². The van der Waals surface area contributed by atoms with Crippen LogP contribution in [0.15, 0.2) is 23.2 Å². The molecule has 0 bridgehead atoms. The van der Waals surface area contributed by atoms with E-state index in [0.29, 0.717) is 35.3 Å². The molecule has 0 saturated carbocycles. The number of thioether (sulfide) groups is 1. The molecule has 0 aliphatic carbocycles. The molecule has 1 aromatic carbocycles. The van der Waals surface area contributed by atoms with E-state index in [-0.39, 0.29) is 5.75 Å². The highest BCUT2D eigenvalue weighted by atomic mass is 32.2. The van der Waals surface area contributed by atoms with Gasteiger partial charge in [0.2, 0.25) is 0 Å². The predicted octanol–water partition coefficient (Wildman–Crippen LogP) is 3.09. The lowest BCUT2D eigenvalue weighted by Gasteiger charge is -2.11. The van der Waals surface area contributed by atoms with Crippen molar-refractivity contribution in [2.24, 2.45) is 10.7 Å². The van der Waals surface area contributed by atoms with Crippen LogP contribution in [0, 0.1) is 0 Å². The predicted molar refractivity (Wildman–Crippen MR) is 132 cm³/mol. The first-order chi connectivity index (χ1) is 18.3. The standard InChI is InChI=1S/C18H27N3O4S.2C2HF3O2/c1-18(17(23)24)12-26-16(21-18)14-6-5-13(11-15(14)22)25-10-3-2-8-20-9-4-7-19;2*3-2(4,5)1(6)7/h5-6,11,20,22H,2-4,7-10,12,19H2,1H3,(H,23,24);2*(H,6,7)/t18-;;/m1../s1. The fourth-order valence-electron chi connectivity index (χ4n) is 2.42. The quantitative estimate of drug-likeness (QED) is 0.160. The number of carbonyl (C=O) groups is 3. The molecule has 1 aliphatic heterocycles. The Morgan fingerprint density at radius 2 is 1.55 bits per heavy atom. The Hall–Kier alpha value is -3.25. The zero-order valence-corrected chi connectivity index (χ0v) is 21.8. The van der Waals surface area contributed by atoms with Crippen molar-refractivity contribution in [2.45, 2.75) is 44.1 Å². The summed E-state index contributed by atoms with van der Waals surface area (Å²) in [5.41, 5.74) is 4.83. The van der Waals surface area contributed by atoms with E-state index in [1.54, 1.807) is 25.1 Å². The molecule has 1 aliphatic rings. The summed E-state index contributed by atoms with van der Waals surface area (Å²) in [6, 6.07) is 5.04. The molecule has 0 aromatic heterocycles. The lowest BCUT2D eigenvalue weighted by atomic mass is 10.1. The number of hydrogen-bond donors (Lipinski definition) is 6. The number of alkyl halides is 6.